The minimum atomic E-state index is -0.634. The van der Waals surface area contributed by atoms with Crippen LogP contribution in [-0.2, 0) is 20.8 Å². The minimum Gasteiger partial charge on any atom is -0.354 e. The van der Waals surface area contributed by atoms with Crippen LogP contribution in [0.4, 0.5) is 0 Å². The van der Waals surface area contributed by atoms with Gasteiger partial charge in [0.05, 0.1) is 0 Å². The Bertz CT molecular complexity index is 708. The molecule has 2 rings (SSSR count). The quantitative estimate of drug-likeness (QED) is 0.453. The first-order chi connectivity index (χ1) is 15.5. The fourth-order valence-corrected chi connectivity index (χ4v) is 4.17. The lowest BCUT2D eigenvalue weighted by atomic mass is 10.0. The van der Waals surface area contributed by atoms with E-state index in [1.165, 1.54) is 25.7 Å². The molecule has 1 saturated heterocycles. The minimum absolute atomic E-state index is 0.0139. The summed E-state index contributed by atoms with van der Waals surface area (Å²) in [6.45, 7) is 2.86. The molecule has 0 aromatic heterocycles. The molecule has 1 heterocycles. The first-order valence-corrected chi connectivity index (χ1v) is 12.4. The van der Waals surface area contributed by atoms with Gasteiger partial charge in [-0.25, -0.2) is 0 Å². The van der Waals surface area contributed by atoms with Crippen LogP contribution < -0.4 is 10.6 Å². The highest BCUT2D eigenvalue weighted by molar-refractivity contribution is 5.92. The Labute approximate surface area is 193 Å². The van der Waals surface area contributed by atoms with Gasteiger partial charge in [0.25, 0.3) is 0 Å². The Morgan fingerprint density at radius 2 is 1.75 bits per heavy atom. The van der Waals surface area contributed by atoms with E-state index in [1.54, 1.807) is 11.9 Å². The molecule has 1 fully saturated rings. The second kappa shape index (κ2) is 14.6. The van der Waals surface area contributed by atoms with Crippen LogP contribution in [0, 0.1) is 0 Å². The van der Waals surface area contributed by atoms with E-state index in [2.05, 4.69) is 17.6 Å². The van der Waals surface area contributed by atoms with Crippen LogP contribution in [0.3, 0.4) is 0 Å². The van der Waals surface area contributed by atoms with Crippen LogP contribution in [0.2, 0.25) is 0 Å². The van der Waals surface area contributed by atoms with Crippen LogP contribution in [0.25, 0.3) is 0 Å². The van der Waals surface area contributed by atoms with Gasteiger partial charge in [0.15, 0.2) is 0 Å². The number of nitrogens with zero attached hydrogens (tertiary/aromatic N) is 1. The van der Waals surface area contributed by atoms with Crippen molar-refractivity contribution >= 4 is 17.7 Å². The van der Waals surface area contributed by atoms with E-state index in [4.69, 9.17) is 0 Å². The van der Waals surface area contributed by atoms with Crippen molar-refractivity contribution in [3.63, 3.8) is 0 Å². The van der Waals surface area contributed by atoms with E-state index in [9.17, 15) is 14.4 Å². The predicted molar refractivity (Wildman–Crippen MR) is 128 cm³/mol. The van der Waals surface area contributed by atoms with Crippen molar-refractivity contribution in [1.29, 1.82) is 0 Å². The molecule has 6 heteroatoms. The van der Waals surface area contributed by atoms with Crippen LogP contribution >= 0.6 is 0 Å². The molecule has 0 unspecified atom stereocenters. The molecule has 0 saturated carbocycles. The summed E-state index contributed by atoms with van der Waals surface area (Å²) in [5.41, 5.74) is 0.994. The summed E-state index contributed by atoms with van der Waals surface area (Å²) in [6.07, 6.45) is 11.4. The fraction of sp³-hybridized carbons (Fsp3) is 0.654. The fourth-order valence-electron chi connectivity index (χ4n) is 4.17. The number of unbranched alkanes of at least 4 members (excludes halogenated alkanes) is 6. The second-order valence-corrected chi connectivity index (χ2v) is 8.93. The smallest absolute Gasteiger partial charge is 0.243 e. The molecule has 1 aromatic carbocycles. The normalized spacial score (nSPS) is 17.2. The summed E-state index contributed by atoms with van der Waals surface area (Å²) in [5.74, 6) is -0.405. The summed E-state index contributed by atoms with van der Waals surface area (Å²) in [5, 5.41) is 5.77. The zero-order valence-electron chi connectivity index (χ0n) is 19.9. The van der Waals surface area contributed by atoms with Crippen molar-refractivity contribution in [2.24, 2.45) is 0 Å². The third-order valence-electron chi connectivity index (χ3n) is 6.28. The number of rotatable bonds is 13. The average molecular weight is 444 g/mol. The van der Waals surface area contributed by atoms with Crippen molar-refractivity contribution in [3.05, 3.63) is 35.9 Å². The van der Waals surface area contributed by atoms with Gasteiger partial charge in [-0.15, -0.1) is 0 Å². The number of likely N-dealkylation sites (N-methyl/N-ethyl adjacent to an activating group) is 1. The Hall–Kier alpha value is -2.37. The molecule has 1 aromatic rings. The van der Waals surface area contributed by atoms with E-state index in [0.717, 1.165) is 37.7 Å². The lowest BCUT2D eigenvalue weighted by molar-refractivity contribution is -0.140. The number of carbonyl (C=O) groups is 3. The molecule has 2 atom stereocenters. The first kappa shape index (κ1) is 25.9. The molecule has 1 aliphatic heterocycles. The number of hydrogen-bond acceptors (Lipinski definition) is 3. The number of hydrogen-bond donors (Lipinski definition) is 2. The Morgan fingerprint density at radius 3 is 2.47 bits per heavy atom. The summed E-state index contributed by atoms with van der Waals surface area (Å²) in [4.78, 5) is 40.0. The zero-order valence-corrected chi connectivity index (χ0v) is 19.9. The highest BCUT2D eigenvalue weighted by Crippen LogP contribution is 2.14. The summed E-state index contributed by atoms with van der Waals surface area (Å²) in [7, 11) is 1.71. The molecule has 1 aliphatic rings. The monoisotopic (exact) mass is 443 g/mol. The van der Waals surface area contributed by atoms with Crippen molar-refractivity contribution in [2.45, 2.75) is 96.1 Å². The summed E-state index contributed by atoms with van der Waals surface area (Å²) < 4.78 is 0. The van der Waals surface area contributed by atoms with E-state index in [0.29, 0.717) is 25.8 Å². The number of benzene rings is 1. The standard InChI is InChI=1S/C26H41N3O3/c1-3-4-5-6-7-8-12-18-24(30)29(2)23(20-21-15-10-9-11-16-21)26(32)28-22-17-13-14-19-27-25(22)31/h9-11,15-16,22-23H,3-8,12-14,17-20H2,1-2H3,(H,27,31)(H,28,32)/t22-,23-/m1/s1. The van der Waals surface area contributed by atoms with Crippen LogP contribution in [0.1, 0.15) is 83.1 Å². The van der Waals surface area contributed by atoms with Gasteiger partial charge in [-0.1, -0.05) is 75.8 Å². The van der Waals surface area contributed by atoms with Crippen LogP contribution in [0.5, 0.6) is 0 Å². The van der Waals surface area contributed by atoms with Crippen LogP contribution in [0.15, 0.2) is 30.3 Å². The maximum atomic E-state index is 13.2. The molecule has 0 radical (unpaired) electrons. The predicted octanol–water partition coefficient (Wildman–Crippen LogP) is 3.98. The van der Waals surface area contributed by atoms with Crippen LogP contribution in [-0.4, -0.2) is 48.3 Å². The van der Waals surface area contributed by atoms with E-state index in [-0.39, 0.29) is 17.7 Å². The largest absolute Gasteiger partial charge is 0.354 e. The molecular formula is C26H41N3O3. The van der Waals surface area contributed by atoms with Gasteiger partial charge in [0, 0.05) is 26.4 Å². The van der Waals surface area contributed by atoms with Gasteiger partial charge in [0.2, 0.25) is 17.7 Å². The van der Waals surface area contributed by atoms with E-state index < -0.39 is 12.1 Å². The van der Waals surface area contributed by atoms with Gasteiger partial charge in [-0.05, 0) is 31.2 Å². The van der Waals surface area contributed by atoms with E-state index in [1.807, 2.05) is 30.3 Å². The van der Waals surface area contributed by atoms with Gasteiger partial charge in [0.1, 0.15) is 12.1 Å². The molecule has 2 N–H and O–H groups in total. The summed E-state index contributed by atoms with van der Waals surface area (Å²) >= 11 is 0. The van der Waals surface area contributed by atoms with Crippen molar-refractivity contribution in [1.82, 2.24) is 15.5 Å². The SMILES string of the molecule is CCCCCCCCCC(=O)N(C)[C@H](Cc1ccccc1)C(=O)N[C@@H]1CCCCNC1=O. The van der Waals surface area contributed by atoms with Gasteiger partial charge in [-0.3, -0.25) is 14.4 Å². The lowest BCUT2D eigenvalue weighted by Gasteiger charge is -2.29. The molecule has 3 amide bonds. The molecule has 178 valence electrons. The van der Waals surface area contributed by atoms with Gasteiger partial charge >= 0.3 is 0 Å². The van der Waals surface area contributed by atoms with Gasteiger partial charge in [-0.2, -0.15) is 0 Å². The number of amides is 3. The highest BCUT2D eigenvalue weighted by atomic mass is 16.2. The average Bonchev–Trinajstić information content (AvgIpc) is 3.00. The molecular weight excluding hydrogens is 402 g/mol. The molecule has 0 spiro atoms. The Balaban J connectivity index is 1.96. The number of nitrogens with one attached hydrogen (secondary N) is 2. The maximum Gasteiger partial charge on any atom is 0.243 e. The Morgan fingerprint density at radius 1 is 1.06 bits per heavy atom. The third-order valence-corrected chi connectivity index (χ3v) is 6.28. The molecule has 0 bridgehead atoms. The lowest BCUT2D eigenvalue weighted by Crippen LogP contribution is -2.54. The Kier molecular flexibility index (Phi) is 11.8. The van der Waals surface area contributed by atoms with Crippen molar-refractivity contribution < 1.29 is 14.4 Å². The molecule has 6 nitrogen and oxygen atoms in total. The van der Waals surface area contributed by atoms with Gasteiger partial charge < -0.3 is 15.5 Å². The molecule has 0 aliphatic carbocycles. The topological polar surface area (TPSA) is 78.5 Å². The van der Waals surface area contributed by atoms with E-state index >= 15 is 0 Å². The first-order valence-electron chi connectivity index (χ1n) is 12.4. The highest BCUT2D eigenvalue weighted by Gasteiger charge is 2.30. The van der Waals surface area contributed by atoms with Crippen molar-refractivity contribution in [2.75, 3.05) is 13.6 Å². The summed E-state index contributed by atoms with van der Waals surface area (Å²) in [6, 6.07) is 8.57. The number of carbonyl (C=O) groups excluding carboxylic acids is 3. The maximum absolute atomic E-state index is 13.2. The van der Waals surface area contributed by atoms with Crippen molar-refractivity contribution in [3.8, 4) is 0 Å². The second-order valence-electron chi connectivity index (χ2n) is 8.93. The zero-order chi connectivity index (χ0) is 23.2. The third kappa shape index (κ3) is 9.01. The molecule has 32 heavy (non-hydrogen) atoms.